The molecule has 1 heterocycles. The van der Waals surface area contributed by atoms with Crippen molar-refractivity contribution in [2.75, 3.05) is 44.8 Å². The van der Waals surface area contributed by atoms with Crippen LogP contribution in [0.1, 0.15) is 24.2 Å². The van der Waals surface area contributed by atoms with E-state index in [2.05, 4.69) is 10.2 Å². The maximum Gasteiger partial charge on any atom is 0.329 e. The third-order valence-corrected chi connectivity index (χ3v) is 6.06. The van der Waals surface area contributed by atoms with E-state index in [0.717, 1.165) is 11.4 Å². The number of carbonyl (C=O) groups is 3. The van der Waals surface area contributed by atoms with Crippen LogP contribution < -0.4 is 15.0 Å². The van der Waals surface area contributed by atoms with Gasteiger partial charge in [-0.1, -0.05) is 37.6 Å². The topological polar surface area (TPSA) is 88.2 Å². The molecule has 1 aliphatic rings. The molecule has 1 unspecified atom stereocenters. The molecule has 9 heteroatoms. The van der Waals surface area contributed by atoms with Gasteiger partial charge in [0.25, 0.3) is 11.8 Å². The summed E-state index contributed by atoms with van der Waals surface area (Å²) in [6, 6.07) is 13.5. The molecule has 0 aliphatic carbocycles. The molecule has 2 aromatic carbocycles. The summed E-state index contributed by atoms with van der Waals surface area (Å²) in [6.07, 6.45) is 0. The summed E-state index contributed by atoms with van der Waals surface area (Å²) in [6.45, 7) is 5.62. The number of piperazine rings is 1. The Morgan fingerprint density at radius 1 is 1.00 bits per heavy atom. The highest BCUT2D eigenvalue weighted by Gasteiger charge is 2.28. The molecule has 1 N–H and O–H groups in total. The van der Waals surface area contributed by atoms with E-state index in [1.807, 2.05) is 24.3 Å². The molecule has 2 aromatic rings. The van der Waals surface area contributed by atoms with Crippen molar-refractivity contribution in [2.24, 2.45) is 5.92 Å². The second-order valence-electron chi connectivity index (χ2n) is 8.35. The van der Waals surface area contributed by atoms with E-state index in [-0.39, 0.29) is 24.0 Å². The first-order valence-corrected chi connectivity index (χ1v) is 11.6. The lowest BCUT2D eigenvalue weighted by Gasteiger charge is -2.36. The second-order valence-corrected chi connectivity index (χ2v) is 8.76. The molecular weight excluding hydrogens is 458 g/mol. The largest absolute Gasteiger partial charge is 0.497 e. The summed E-state index contributed by atoms with van der Waals surface area (Å²) in [4.78, 5) is 41.7. The minimum atomic E-state index is -0.900. The fourth-order valence-corrected chi connectivity index (χ4v) is 3.90. The van der Waals surface area contributed by atoms with E-state index in [4.69, 9.17) is 21.1 Å². The van der Waals surface area contributed by atoms with E-state index in [9.17, 15) is 14.4 Å². The van der Waals surface area contributed by atoms with Crippen LogP contribution in [-0.4, -0.2) is 68.6 Å². The van der Waals surface area contributed by atoms with Crippen molar-refractivity contribution >= 4 is 35.1 Å². The normalized spacial score (nSPS) is 14.5. The molecule has 1 fully saturated rings. The summed E-state index contributed by atoms with van der Waals surface area (Å²) in [5, 5.41) is 2.96. The number of nitrogens with zero attached hydrogens (tertiary/aromatic N) is 2. The SMILES string of the molecule is COc1ccc(N2CCN(C(=O)COC(=O)C(NC(=O)c3ccccc3Cl)C(C)C)CC2)cc1. The summed E-state index contributed by atoms with van der Waals surface area (Å²) < 4.78 is 10.5. The van der Waals surface area contributed by atoms with Gasteiger partial charge >= 0.3 is 5.97 Å². The van der Waals surface area contributed by atoms with Crippen molar-refractivity contribution < 1.29 is 23.9 Å². The van der Waals surface area contributed by atoms with Gasteiger partial charge in [0.05, 0.1) is 17.7 Å². The molecule has 0 radical (unpaired) electrons. The number of carbonyl (C=O) groups excluding carboxylic acids is 3. The van der Waals surface area contributed by atoms with Crippen LogP contribution in [0.2, 0.25) is 5.02 Å². The molecule has 1 atom stereocenters. The number of hydrogen-bond donors (Lipinski definition) is 1. The minimum absolute atomic E-state index is 0.234. The van der Waals surface area contributed by atoms with Crippen LogP contribution in [0, 0.1) is 5.92 Å². The van der Waals surface area contributed by atoms with Gasteiger partial charge in [-0.2, -0.15) is 0 Å². The number of rotatable bonds is 8. The van der Waals surface area contributed by atoms with Crippen LogP contribution >= 0.6 is 11.6 Å². The predicted molar refractivity (Wildman–Crippen MR) is 130 cm³/mol. The summed E-state index contributed by atoms with van der Waals surface area (Å²) >= 11 is 6.08. The number of amides is 2. The first kappa shape index (κ1) is 25.4. The zero-order valence-electron chi connectivity index (χ0n) is 19.6. The molecule has 0 spiro atoms. The lowest BCUT2D eigenvalue weighted by Crippen LogP contribution is -2.50. The van der Waals surface area contributed by atoms with Crippen LogP contribution in [0.3, 0.4) is 0 Å². The first-order valence-electron chi connectivity index (χ1n) is 11.2. The van der Waals surface area contributed by atoms with E-state index in [1.165, 1.54) is 0 Å². The number of benzene rings is 2. The first-order chi connectivity index (χ1) is 16.3. The summed E-state index contributed by atoms with van der Waals surface area (Å²) in [5.41, 5.74) is 1.33. The number of hydrogen-bond acceptors (Lipinski definition) is 6. The van der Waals surface area contributed by atoms with Crippen LogP contribution in [0.5, 0.6) is 5.75 Å². The lowest BCUT2D eigenvalue weighted by atomic mass is 10.0. The molecule has 1 saturated heterocycles. The average Bonchev–Trinajstić information content (AvgIpc) is 2.85. The Kier molecular flexibility index (Phi) is 8.76. The molecule has 0 saturated carbocycles. The van der Waals surface area contributed by atoms with E-state index >= 15 is 0 Å². The molecule has 34 heavy (non-hydrogen) atoms. The van der Waals surface area contributed by atoms with Gasteiger partial charge in [-0.15, -0.1) is 0 Å². The zero-order valence-corrected chi connectivity index (χ0v) is 20.4. The molecule has 0 aromatic heterocycles. The number of nitrogens with one attached hydrogen (secondary N) is 1. The van der Waals surface area contributed by atoms with Crippen molar-refractivity contribution in [3.05, 3.63) is 59.1 Å². The maximum absolute atomic E-state index is 12.7. The molecule has 3 rings (SSSR count). The van der Waals surface area contributed by atoms with Gasteiger partial charge in [0.15, 0.2) is 6.61 Å². The van der Waals surface area contributed by atoms with Crippen LogP contribution in [0.25, 0.3) is 0 Å². The Morgan fingerprint density at radius 2 is 1.65 bits per heavy atom. The fourth-order valence-electron chi connectivity index (χ4n) is 3.68. The number of anilines is 1. The highest BCUT2D eigenvalue weighted by atomic mass is 35.5. The quantitative estimate of drug-likeness (QED) is 0.576. The molecular formula is C25H30ClN3O5. The highest BCUT2D eigenvalue weighted by molar-refractivity contribution is 6.33. The smallest absolute Gasteiger partial charge is 0.329 e. The van der Waals surface area contributed by atoms with Crippen molar-refractivity contribution in [1.29, 1.82) is 0 Å². The third-order valence-electron chi connectivity index (χ3n) is 5.73. The van der Waals surface area contributed by atoms with Crippen molar-refractivity contribution in [3.63, 3.8) is 0 Å². The zero-order chi connectivity index (χ0) is 24.7. The number of esters is 1. The Morgan fingerprint density at radius 3 is 2.24 bits per heavy atom. The van der Waals surface area contributed by atoms with Gasteiger partial charge in [0.1, 0.15) is 11.8 Å². The number of methoxy groups -OCH3 is 1. The fraction of sp³-hybridized carbons (Fsp3) is 0.400. The van der Waals surface area contributed by atoms with Crippen LogP contribution in [-0.2, 0) is 14.3 Å². The maximum atomic E-state index is 12.7. The Hall–Kier alpha value is -3.26. The van der Waals surface area contributed by atoms with Crippen molar-refractivity contribution in [1.82, 2.24) is 10.2 Å². The van der Waals surface area contributed by atoms with E-state index in [1.54, 1.807) is 50.1 Å². The Balaban J connectivity index is 1.49. The van der Waals surface area contributed by atoms with Crippen molar-refractivity contribution in [3.8, 4) is 5.75 Å². The van der Waals surface area contributed by atoms with Gasteiger partial charge in [-0.3, -0.25) is 9.59 Å². The van der Waals surface area contributed by atoms with Crippen LogP contribution in [0.15, 0.2) is 48.5 Å². The van der Waals surface area contributed by atoms with E-state index < -0.39 is 17.9 Å². The summed E-state index contributed by atoms with van der Waals surface area (Å²) in [5.74, 6) is -0.824. The Labute approximate surface area is 204 Å². The van der Waals surface area contributed by atoms with Gasteiger partial charge < -0.3 is 24.6 Å². The molecule has 182 valence electrons. The monoisotopic (exact) mass is 487 g/mol. The second kappa shape index (κ2) is 11.7. The van der Waals surface area contributed by atoms with Gasteiger partial charge in [-0.05, 0) is 42.3 Å². The predicted octanol–water partition coefficient (Wildman–Crippen LogP) is 3.00. The molecule has 0 bridgehead atoms. The lowest BCUT2D eigenvalue weighted by molar-refractivity contribution is -0.154. The van der Waals surface area contributed by atoms with Crippen LogP contribution in [0.4, 0.5) is 5.69 Å². The number of halogens is 1. The Bertz CT molecular complexity index is 1000. The minimum Gasteiger partial charge on any atom is -0.497 e. The standard InChI is InChI=1S/C25H30ClN3O5/c1-17(2)23(27-24(31)20-6-4-5-7-21(20)26)25(32)34-16-22(30)29-14-12-28(13-15-29)18-8-10-19(33-3)11-9-18/h4-11,17,23H,12-16H2,1-3H3,(H,27,31). The number of ether oxygens (including phenoxy) is 2. The average molecular weight is 488 g/mol. The van der Waals surface area contributed by atoms with Gasteiger partial charge in [0.2, 0.25) is 0 Å². The van der Waals surface area contributed by atoms with Crippen molar-refractivity contribution in [2.45, 2.75) is 19.9 Å². The van der Waals surface area contributed by atoms with Gasteiger partial charge in [0, 0.05) is 31.9 Å². The van der Waals surface area contributed by atoms with E-state index in [0.29, 0.717) is 31.2 Å². The van der Waals surface area contributed by atoms with Gasteiger partial charge in [-0.25, -0.2) is 4.79 Å². The molecule has 8 nitrogen and oxygen atoms in total. The summed E-state index contributed by atoms with van der Waals surface area (Å²) in [7, 11) is 1.63. The molecule has 1 aliphatic heterocycles. The third kappa shape index (κ3) is 6.41. The highest BCUT2D eigenvalue weighted by Crippen LogP contribution is 2.21. The molecule has 2 amide bonds.